The molecule has 0 fully saturated rings. The van der Waals surface area contributed by atoms with Crippen molar-refractivity contribution >= 4 is 6.47 Å². The minimum Gasteiger partial charge on any atom is -0.437 e. The van der Waals surface area contributed by atoms with Gasteiger partial charge in [0.25, 0.3) is 6.47 Å². The first-order valence-electron chi connectivity index (χ1n) is 6.41. The summed E-state index contributed by atoms with van der Waals surface area (Å²) in [5.41, 5.74) is 4.63. The predicted molar refractivity (Wildman–Crippen MR) is 70.5 cm³/mol. The van der Waals surface area contributed by atoms with Crippen LogP contribution in [0.4, 0.5) is 0 Å². The molecule has 0 N–H and O–H groups in total. The van der Waals surface area contributed by atoms with Crippen LogP contribution in [0.2, 0.25) is 0 Å². The molecule has 0 aromatic rings. The molecule has 0 saturated heterocycles. The molecule has 17 heavy (non-hydrogen) atoms. The fourth-order valence-corrected chi connectivity index (χ4v) is 2.75. The summed E-state index contributed by atoms with van der Waals surface area (Å²) >= 11 is 0. The number of hydrogen-bond acceptors (Lipinski definition) is 2. The van der Waals surface area contributed by atoms with E-state index in [9.17, 15) is 4.79 Å². The Morgan fingerprint density at radius 3 is 2.76 bits per heavy atom. The van der Waals surface area contributed by atoms with Crippen LogP contribution in [-0.4, -0.2) is 6.47 Å². The molecule has 0 atom stereocenters. The second-order valence-electron chi connectivity index (χ2n) is 5.69. The van der Waals surface area contributed by atoms with E-state index < -0.39 is 0 Å². The third kappa shape index (κ3) is 4.03. The number of rotatable bonds is 5. The SMILES string of the molecule is CC(=COC=O)CCC1=C(C)CCCC1(C)C. The van der Waals surface area contributed by atoms with Crippen molar-refractivity contribution < 1.29 is 9.53 Å². The zero-order valence-electron chi connectivity index (χ0n) is 11.5. The van der Waals surface area contributed by atoms with Gasteiger partial charge in [-0.05, 0) is 56.9 Å². The number of allylic oxidation sites excluding steroid dienone is 3. The Hall–Kier alpha value is -1.05. The second kappa shape index (κ2) is 6.04. The van der Waals surface area contributed by atoms with Crippen LogP contribution in [0.15, 0.2) is 23.0 Å². The number of carbonyl (C=O) groups is 1. The lowest BCUT2D eigenvalue weighted by Gasteiger charge is -2.34. The monoisotopic (exact) mass is 236 g/mol. The molecule has 0 aromatic heterocycles. The van der Waals surface area contributed by atoms with E-state index in [1.165, 1.54) is 19.3 Å². The van der Waals surface area contributed by atoms with Crippen LogP contribution in [0.5, 0.6) is 0 Å². The number of carbonyl (C=O) groups excluding carboxylic acids is 1. The zero-order chi connectivity index (χ0) is 12.9. The van der Waals surface area contributed by atoms with Gasteiger partial charge in [0.05, 0.1) is 6.26 Å². The first-order valence-corrected chi connectivity index (χ1v) is 6.41. The van der Waals surface area contributed by atoms with Gasteiger partial charge in [0, 0.05) is 0 Å². The summed E-state index contributed by atoms with van der Waals surface area (Å²) in [4.78, 5) is 10.1. The summed E-state index contributed by atoms with van der Waals surface area (Å²) in [5, 5.41) is 0. The largest absolute Gasteiger partial charge is 0.437 e. The molecule has 2 heteroatoms. The Labute approximate surface area is 105 Å². The lowest BCUT2D eigenvalue weighted by Crippen LogP contribution is -2.20. The minimum absolute atomic E-state index is 0.341. The standard InChI is InChI=1S/C15H24O2/c1-12(10-17-11-16)7-8-14-13(2)6-5-9-15(14,3)4/h10-11H,5-9H2,1-4H3. The summed E-state index contributed by atoms with van der Waals surface area (Å²) in [5.74, 6) is 0. The van der Waals surface area contributed by atoms with Crippen molar-refractivity contribution in [1.82, 2.24) is 0 Å². The van der Waals surface area contributed by atoms with Crippen LogP contribution in [0.25, 0.3) is 0 Å². The van der Waals surface area contributed by atoms with Gasteiger partial charge in [-0.1, -0.05) is 25.0 Å². The molecule has 0 unspecified atom stereocenters. The van der Waals surface area contributed by atoms with E-state index in [4.69, 9.17) is 0 Å². The average Bonchev–Trinajstić information content (AvgIpc) is 2.24. The van der Waals surface area contributed by atoms with Gasteiger partial charge >= 0.3 is 0 Å². The first-order chi connectivity index (χ1) is 7.97. The van der Waals surface area contributed by atoms with Gasteiger partial charge in [0.2, 0.25) is 0 Å². The molecule has 0 bridgehead atoms. The van der Waals surface area contributed by atoms with Crippen LogP contribution < -0.4 is 0 Å². The number of ether oxygens (including phenoxy) is 1. The van der Waals surface area contributed by atoms with Crippen molar-refractivity contribution in [2.24, 2.45) is 5.41 Å². The predicted octanol–water partition coefficient (Wildman–Crippen LogP) is 4.37. The summed E-state index contributed by atoms with van der Waals surface area (Å²) in [6, 6.07) is 0. The minimum atomic E-state index is 0.341. The summed E-state index contributed by atoms with van der Waals surface area (Å²) in [6.45, 7) is 9.42. The molecule has 0 aromatic carbocycles. The molecular weight excluding hydrogens is 212 g/mol. The smallest absolute Gasteiger partial charge is 0.297 e. The van der Waals surface area contributed by atoms with Crippen molar-refractivity contribution in [3.8, 4) is 0 Å². The van der Waals surface area contributed by atoms with E-state index in [2.05, 4.69) is 25.5 Å². The summed E-state index contributed by atoms with van der Waals surface area (Å²) in [7, 11) is 0. The molecule has 1 rings (SSSR count). The molecule has 1 aliphatic carbocycles. The molecule has 0 spiro atoms. The van der Waals surface area contributed by atoms with Crippen LogP contribution in [0, 0.1) is 5.41 Å². The highest BCUT2D eigenvalue weighted by Gasteiger charge is 2.27. The second-order valence-corrected chi connectivity index (χ2v) is 5.69. The topological polar surface area (TPSA) is 26.3 Å². The Kier molecular flexibility index (Phi) is 4.98. The summed E-state index contributed by atoms with van der Waals surface area (Å²) < 4.78 is 4.66. The van der Waals surface area contributed by atoms with Gasteiger partial charge in [-0.2, -0.15) is 0 Å². The molecule has 0 saturated carbocycles. The highest BCUT2D eigenvalue weighted by molar-refractivity contribution is 5.38. The Morgan fingerprint density at radius 2 is 2.18 bits per heavy atom. The van der Waals surface area contributed by atoms with Crippen molar-refractivity contribution in [3.63, 3.8) is 0 Å². The van der Waals surface area contributed by atoms with E-state index >= 15 is 0 Å². The Morgan fingerprint density at radius 1 is 1.47 bits per heavy atom. The maximum absolute atomic E-state index is 10.1. The maximum Gasteiger partial charge on any atom is 0.297 e. The lowest BCUT2D eigenvalue weighted by molar-refractivity contribution is -0.123. The molecule has 1 aliphatic rings. The molecule has 0 aliphatic heterocycles. The van der Waals surface area contributed by atoms with E-state index in [1.807, 2.05) is 6.92 Å². The quantitative estimate of drug-likeness (QED) is 0.402. The van der Waals surface area contributed by atoms with Crippen molar-refractivity contribution in [2.75, 3.05) is 0 Å². The van der Waals surface area contributed by atoms with Gasteiger partial charge in [-0.3, -0.25) is 4.79 Å². The van der Waals surface area contributed by atoms with Gasteiger partial charge in [0.1, 0.15) is 0 Å². The molecule has 0 radical (unpaired) electrons. The fourth-order valence-electron chi connectivity index (χ4n) is 2.75. The zero-order valence-corrected chi connectivity index (χ0v) is 11.5. The van der Waals surface area contributed by atoms with Crippen LogP contribution >= 0.6 is 0 Å². The number of hydrogen-bond donors (Lipinski definition) is 0. The van der Waals surface area contributed by atoms with Crippen molar-refractivity contribution in [2.45, 2.75) is 59.8 Å². The molecule has 0 heterocycles. The maximum atomic E-state index is 10.1. The first kappa shape index (κ1) is 14.0. The van der Waals surface area contributed by atoms with Crippen molar-refractivity contribution in [3.05, 3.63) is 23.0 Å². The normalized spacial score (nSPS) is 20.4. The molecule has 96 valence electrons. The van der Waals surface area contributed by atoms with Gasteiger partial charge < -0.3 is 4.74 Å². The average molecular weight is 236 g/mol. The van der Waals surface area contributed by atoms with E-state index in [0.29, 0.717) is 11.9 Å². The van der Waals surface area contributed by atoms with E-state index in [1.54, 1.807) is 17.4 Å². The van der Waals surface area contributed by atoms with Gasteiger partial charge in [-0.25, -0.2) is 0 Å². The Bertz CT molecular complexity index is 335. The van der Waals surface area contributed by atoms with Crippen molar-refractivity contribution in [1.29, 1.82) is 0 Å². The van der Waals surface area contributed by atoms with Crippen LogP contribution in [0.3, 0.4) is 0 Å². The third-order valence-electron chi connectivity index (χ3n) is 3.78. The van der Waals surface area contributed by atoms with E-state index in [0.717, 1.165) is 18.4 Å². The molecule has 0 amide bonds. The fraction of sp³-hybridized carbons (Fsp3) is 0.667. The van der Waals surface area contributed by atoms with Gasteiger partial charge in [0.15, 0.2) is 0 Å². The summed E-state index contributed by atoms with van der Waals surface area (Å²) in [6.07, 6.45) is 7.46. The third-order valence-corrected chi connectivity index (χ3v) is 3.78. The molecule has 2 nitrogen and oxygen atoms in total. The van der Waals surface area contributed by atoms with Gasteiger partial charge in [-0.15, -0.1) is 0 Å². The molecular formula is C15H24O2. The highest BCUT2D eigenvalue weighted by Crippen LogP contribution is 2.42. The van der Waals surface area contributed by atoms with Crippen LogP contribution in [0.1, 0.15) is 59.8 Å². The highest BCUT2D eigenvalue weighted by atomic mass is 16.5. The van der Waals surface area contributed by atoms with E-state index in [-0.39, 0.29) is 0 Å². The lowest BCUT2D eigenvalue weighted by atomic mass is 9.71. The Balaban J connectivity index is 2.63. The van der Waals surface area contributed by atoms with Crippen LogP contribution in [-0.2, 0) is 9.53 Å².